The number of aliphatic carboxylic acids is 1. The van der Waals surface area contributed by atoms with Crippen LogP contribution in [0.4, 0.5) is 4.39 Å². The molecule has 5 heteroatoms. The van der Waals surface area contributed by atoms with Crippen LogP contribution < -0.4 is 5.32 Å². The second-order valence-corrected chi connectivity index (χ2v) is 3.06. The SMILES string of the molecule is Cc1ccc(F)cc1C(NC=O)C(=O)O. The molecule has 0 aliphatic heterocycles. The Morgan fingerprint density at radius 1 is 1.60 bits per heavy atom. The monoisotopic (exact) mass is 211 g/mol. The maximum absolute atomic E-state index is 12.9. The highest BCUT2D eigenvalue weighted by molar-refractivity contribution is 5.78. The van der Waals surface area contributed by atoms with E-state index in [1.807, 2.05) is 0 Å². The van der Waals surface area contributed by atoms with Crippen molar-refractivity contribution >= 4 is 12.4 Å². The van der Waals surface area contributed by atoms with Crippen LogP contribution in [0.1, 0.15) is 17.2 Å². The van der Waals surface area contributed by atoms with Crippen molar-refractivity contribution in [3.8, 4) is 0 Å². The molecule has 1 aromatic carbocycles. The van der Waals surface area contributed by atoms with Gasteiger partial charge in [-0.25, -0.2) is 9.18 Å². The van der Waals surface area contributed by atoms with Crippen LogP contribution in [0.5, 0.6) is 0 Å². The molecule has 0 aliphatic carbocycles. The predicted octanol–water partition coefficient (Wildman–Crippen LogP) is 1.01. The maximum Gasteiger partial charge on any atom is 0.330 e. The Bertz CT molecular complexity index is 392. The summed E-state index contributed by atoms with van der Waals surface area (Å²) in [4.78, 5) is 21.0. The van der Waals surface area contributed by atoms with Gasteiger partial charge in [0.05, 0.1) is 0 Å². The summed E-state index contributed by atoms with van der Waals surface area (Å²) < 4.78 is 12.9. The highest BCUT2D eigenvalue weighted by Gasteiger charge is 2.20. The van der Waals surface area contributed by atoms with Crippen LogP contribution in [-0.2, 0) is 9.59 Å². The molecule has 1 unspecified atom stereocenters. The van der Waals surface area contributed by atoms with Crippen LogP contribution in [0, 0.1) is 12.7 Å². The Balaban J connectivity index is 3.15. The third-order valence-corrected chi connectivity index (χ3v) is 2.03. The molecule has 1 aromatic rings. The van der Waals surface area contributed by atoms with Crippen molar-refractivity contribution in [3.63, 3.8) is 0 Å². The van der Waals surface area contributed by atoms with Gasteiger partial charge in [-0.3, -0.25) is 4.79 Å². The zero-order valence-electron chi connectivity index (χ0n) is 8.03. The first kappa shape index (κ1) is 11.2. The fourth-order valence-electron chi connectivity index (χ4n) is 1.28. The number of halogens is 1. The minimum atomic E-state index is -1.23. The smallest absolute Gasteiger partial charge is 0.330 e. The molecule has 0 aliphatic rings. The number of nitrogens with one attached hydrogen (secondary N) is 1. The Hall–Kier alpha value is -1.91. The van der Waals surface area contributed by atoms with E-state index >= 15 is 0 Å². The highest BCUT2D eigenvalue weighted by Crippen LogP contribution is 2.18. The number of amides is 1. The van der Waals surface area contributed by atoms with Gasteiger partial charge in [0, 0.05) is 0 Å². The van der Waals surface area contributed by atoms with Gasteiger partial charge in [-0.1, -0.05) is 6.07 Å². The fourth-order valence-corrected chi connectivity index (χ4v) is 1.28. The second-order valence-electron chi connectivity index (χ2n) is 3.06. The summed E-state index contributed by atoms with van der Waals surface area (Å²) in [5.74, 6) is -1.76. The highest BCUT2D eigenvalue weighted by atomic mass is 19.1. The van der Waals surface area contributed by atoms with Gasteiger partial charge < -0.3 is 10.4 Å². The summed E-state index contributed by atoms with van der Waals surface area (Å²) >= 11 is 0. The van der Waals surface area contributed by atoms with E-state index in [9.17, 15) is 14.0 Å². The van der Waals surface area contributed by atoms with Gasteiger partial charge in [0.25, 0.3) is 0 Å². The number of carboxylic acid groups (broad SMARTS) is 1. The maximum atomic E-state index is 12.9. The van der Waals surface area contributed by atoms with Crippen LogP contribution in [0.2, 0.25) is 0 Å². The largest absolute Gasteiger partial charge is 0.479 e. The zero-order valence-corrected chi connectivity index (χ0v) is 8.03. The number of benzene rings is 1. The molecule has 0 radical (unpaired) electrons. The van der Waals surface area contributed by atoms with Gasteiger partial charge in [-0.05, 0) is 30.2 Å². The van der Waals surface area contributed by atoms with Crippen molar-refractivity contribution in [1.29, 1.82) is 0 Å². The zero-order chi connectivity index (χ0) is 11.4. The second kappa shape index (κ2) is 4.54. The molecule has 0 fully saturated rings. The van der Waals surface area contributed by atoms with E-state index in [1.165, 1.54) is 12.1 Å². The number of hydrogen-bond donors (Lipinski definition) is 2. The Morgan fingerprint density at radius 2 is 2.27 bits per heavy atom. The quantitative estimate of drug-likeness (QED) is 0.730. The van der Waals surface area contributed by atoms with Crippen LogP contribution in [0.3, 0.4) is 0 Å². The van der Waals surface area contributed by atoms with Gasteiger partial charge in [0.15, 0.2) is 6.04 Å². The molecule has 0 bridgehead atoms. The Morgan fingerprint density at radius 3 is 2.80 bits per heavy atom. The molecule has 1 rings (SSSR count). The lowest BCUT2D eigenvalue weighted by molar-refractivity contribution is -0.140. The molecule has 1 atom stereocenters. The molecule has 4 nitrogen and oxygen atoms in total. The number of carboxylic acids is 1. The van der Waals surface area contributed by atoms with Gasteiger partial charge in [0.1, 0.15) is 5.82 Å². The molecule has 1 amide bonds. The predicted molar refractivity (Wildman–Crippen MR) is 50.7 cm³/mol. The minimum Gasteiger partial charge on any atom is -0.479 e. The normalized spacial score (nSPS) is 11.9. The van der Waals surface area contributed by atoms with E-state index < -0.39 is 17.8 Å². The van der Waals surface area contributed by atoms with E-state index in [-0.39, 0.29) is 12.0 Å². The summed E-state index contributed by atoms with van der Waals surface area (Å²) in [5, 5.41) is 10.9. The van der Waals surface area contributed by atoms with Crippen LogP contribution >= 0.6 is 0 Å². The van der Waals surface area contributed by atoms with E-state index in [0.29, 0.717) is 5.56 Å². The Labute approximate surface area is 85.7 Å². The summed E-state index contributed by atoms with van der Waals surface area (Å²) in [7, 11) is 0. The molecule has 0 saturated heterocycles. The summed E-state index contributed by atoms with van der Waals surface area (Å²) in [5.41, 5.74) is 0.854. The van der Waals surface area contributed by atoms with Gasteiger partial charge in [-0.15, -0.1) is 0 Å². The molecule has 0 aromatic heterocycles. The molecule has 80 valence electrons. The third-order valence-electron chi connectivity index (χ3n) is 2.03. The number of carbonyl (C=O) groups is 2. The van der Waals surface area contributed by atoms with Gasteiger partial charge in [-0.2, -0.15) is 0 Å². The van der Waals surface area contributed by atoms with Crippen molar-refractivity contribution in [2.45, 2.75) is 13.0 Å². The van der Waals surface area contributed by atoms with E-state index in [1.54, 1.807) is 6.92 Å². The number of rotatable bonds is 4. The van der Waals surface area contributed by atoms with Crippen LogP contribution in [0.15, 0.2) is 18.2 Å². The average molecular weight is 211 g/mol. The van der Waals surface area contributed by atoms with Crippen LogP contribution in [-0.4, -0.2) is 17.5 Å². The van der Waals surface area contributed by atoms with E-state index in [0.717, 1.165) is 6.07 Å². The lowest BCUT2D eigenvalue weighted by atomic mass is 10.0. The molecule has 0 spiro atoms. The van der Waals surface area contributed by atoms with E-state index in [2.05, 4.69) is 5.32 Å². The average Bonchev–Trinajstić information content (AvgIpc) is 2.18. The topological polar surface area (TPSA) is 66.4 Å². The summed E-state index contributed by atoms with van der Waals surface area (Å²) in [6.45, 7) is 1.65. The first-order chi connectivity index (χ1) is 7.06. The van der Waals surface area contributed by atoms with Crippen molar-refractivity contribution in [2.24, 2.45) is 0 Å². The molecule has 0 heterocycles. The number of hydrogen-bond acceptors (Lipinski definition) is 2. The van der Waals surface area contributed by atoms with Crippen molar-refractivity contribution < 1.29 is 19.1 Å². The van der Waals surface area contributed by atoms with Crippen molar-refractivity contribution in [2.75, 3.05) is 0 Å². The van der Waals surface area contributed by atoms with Crippen molar-refractivity contribution in [1.82, 2.24) is 5.32 Å². The molecule has 0 saturated carbocycles. The minimum absolute atomic E-state index is 0.245. The van der Waals surface area contributed by atoms with Gasteiger partial charge in [0.2, 0.25) is 6.41 Å². The van der Waals surface area contributed by atoms with E-state index in [4.69, 9.17) is 5.11 Å². The van der Waals surface area contributed by atoms with Crippen LogP contribution in [0.25, 0.3) is 0 Å². The lowest BCUT2D eigenvalue weighted by Gasteiger charge is -2.13. The Kier molecular flexibility index (Phi) is 3.38. The summed E-state index contributed by atoms with van der Waals surface area (Å²) in [6, 6.07) is 2.59. The first-order valence-electron chi connectivity index (χ1n) is 4.25. The molecular formula is C10H10FNO3. The molecule has 15 heavy (non-hydrogen) atoms. The lowest BCUT2D eigenvalue weighted by Crippen LogP contribution is -2.28. The standard InChI is InChI=1S/C10H10FNO3/c1-6-2-3-7(11)4-8(6)9(10(14)15)12-5-13/h2-5,9H,1H3,(H,12,13)(H,14,15). The molecule has 2 N–H and O–H groups in total. The fraction of sp³-hybridized carbons (Fsp3) is 0.200. The summed E-state index contributed by atoms with van der Waals surface area (Å²) in [6.07, 6.45) is 0.281. The van der Waals surface area contributed by atoms with Gasteiger partial charge >= 0.3 is 5.97 Å². The number of aryl methyl sites for hydroxylation is 1. The first-order valence-corrected chi connectivity index (χ1v) is 4.25. The molecular weight excluding hydrogens is 201 g/mol. The third kappa shape index (κ3) is 2.52. The van der Waals surface area contributed by atoms with Crippen molar-refractivity contribution in [3.05, 3.63) is 35.1 Å². The number of carbonyl (C=O) groups excluding carboxylic acids is 1.